The minimum absolute atomic E-state index is 0.158. The second kappa shape index (κ2) is 10.2. The van der Waals surface area contributed by atoms with Crippen LogP contribution in [0.25, 0.3) is 0 Å². The minimum Gasteiger partial charge on any atom is -0.348 e. The molecule has 0 saturated heterocycles. The number of carbonyl (C=O) groups is 1. The quantitative estimate of drug-likeness (QED) is 0.433. The predicted molar refractivity (Wildman–Crippen MR) is 139 cm³/mol. The standard InChI is InChI=1S/C27H30N2O3S2/c1-19-7-11-24(12-8-19)29(34(31,32)26-15-13-25(33-3)14-16-26)18-27(30)28-20(2)22-10-9-21-5-4-6-23(21)17-22/h7-17,20H,4-6,18H2,1-3H3,(H,28,30). The van der Waals surface area contributed by atoms with Gasteiger partial charge in [-0.05, 0) is 92.5 Å². The fourth-order valence-electron chi connectivity index (χ4n) is 4.26. The van der Waals surface area contributed by atoms with Crippen molar-refractivity contribution in [1.29, 1.82) is 0 Å². The van der Waals surface area contributed by atoms with Gasteiger partial charge >= 0.3 is 0 Å². The number of benzene rings is 3. The van der Waals surface area contributed by atoms with Crippen LogP contribution in [0.4, 0.5) is 5.69 Å². The molecule has 0 saturated carbocycles. The number of fused-ring (bicyclic) bond motifs is 1. The molecule has 4 rings (SSSR count). The van der Waals surface area contributed by atoms with Gasteiger partial charge in [0, 0.05) is 4.90 Å². The fourth-order valence-corrected chi connectivity index (χ4v) is 6.09. The zero-order valence-corrected chi connectivity index (χ0v) is 21.4. The summed E-state index contributed by atoms with van der Waals surface area (Å²) >= 11 is 1.54. The average molecular weight is 495 g/mol. The number of carbonyl (C=O) groups excluding carboxylic acids is 1. The van der Waals surface area contributed by atoms with E-state index in [1.165, 1.54) is 21.9 Å². The van der Waals surface area contributed by atoms with Crippen molar-refractivity contribution >= 4 is 33.4 Å². The van der Waals surface area contributed by atoms with Crippen LogP contribution in [0.5, 0.6) is 0 Å². The predicted octanol–water partition coefficient (Wildman–Crippen LogP) is 5.28. The van der Waals surface area contributed by atoms with Crippen LogP contribution in [0.1, 0.15) is 41.6 Å². The summed E-state index contributed by atoms with van der Waals surface area (Å²) < 4.78 is 28.3. The number of rotatable bonds is 8. The van der Waals surface area contributed by atoms with Gasteiger partial charge in [0.05, 0.1) is 16.6 Å². The summed E-state index contributed by atoms with van der Waals surface area (Å²) in [6.07, 6.45) is 5.28. The second-order valence-electron chi connectivity index (χ2n) is 8.69. The second-order valence-corrected chi connectivity index (χ2v) is 11.4. The molecule has 0 aliphatic heterocycles. The van der Waals surface area contributed by atoms with E-state index in [1.54, 1.807) is 48.2 Å². The third-order valence-corrected chi connectivity index (χ3v) is 8.79. The molecule has 0 spiro atoms. The molecule has 1 aliphatic carbocycles. The Balaban J connectivity index is 1.57. The molecule has 1 N–H and O–H groups in total. The summed E-state index contributed by atoms with van der Waals surface area (Å²) in [5.41, 5.74) is 5.23. The zero-order chi connectivity index (χ0) is 24.3. The summed E-state index contributed by atoms with van der Waals surface area (Å²) in [6, 6.07) is 20.0. The molecule has 3 aromatic carbocycles. The third kappa shape index (κ3) is 5.31. The molecule has 1 atom stereocenters. The van der Waals surface area contributed by atoms with Gasteiger partial charge in [-0.3, -0.25) is 9.10 Å². The number of hydrogen-bond acceptors (Lipinski definition) is 4. The largest absolute Gasteiger partial charge is 0.348 e. The number of hydrogen-bond donors (Lipinski definition) is 1. The van der Waals surface area contributed by atoms with E-state index in [2.05, 4.69) is 23.5 Å². The molecular weight excluding hydrogens is 464 g/mol. The zero-order valence-electron chi connectivity index (χ0n) is 19.7. The van der Waals surface area contributed by atoms with E-state index >= 15 is 0 Å². The number of sulfonamides is 1. The van der Waals surface area contributed by atoms with Crippen molar-refractivity contribution in [3.05, 3.63) is 89.0 Å². The number of anilines is 1. The van der Waals surface area contributed by atoms with Gasteiger partial charge in [-0.1, -0.05) is 35.9 Å². The van der Waals surface area contributed by atoms with E-state index < -0.39 is 10.0 Å². The number of thioether (sulfide) groups is 1. The Hall–Kier alpha value is -2.77. The van der Waals surface area contributed by atoms with E-state index in [4.69, 9.17) is 0 Å². The molecule has 0 heterocycles. The van der Waals surface area contributed by atoms with Crippen LogP contribution in [0, 0.1) is 6.92 Å². The van der Waals surface area contributed by atoms with Gasteiger partial charge in [-0.2, -0.15) is 0 Å². The average Bonchev–Trinajstić information content (AvgIpc) is 3.31. The van der Waals surface area contributed by atoms with Crippen molar-refractivity contribution in [3.63, 3.8) is 0 Å². The molecule has 34 heavy (non-hydrogen) atoms. The van der Waals surface area contributed by atoms with Crippen LogP contribution >= 0.6 is 11.8 Å². The third-order valence-electron chi connectivity index (χ3n) is 6.26. The van der Waals surface area contributed by atoms with Crippen LogP contribution in [-0.4, -0.2) is 27.1 Å². The Kier molecular flexibility index (Phi) is 7.33. The topological polar surface area (TPSA) is 66.5 Å². The lowest BCUT2D eigenvalue weighted by atomic mass is 10.0. The molecule has 178 valence electrons. The van der Waals surface area contributed by atoms with Crippen LogP contribution in [0.2, 0.25) is 0 Å². The molecule has 5 nitrogen and oxygen atoms in total. The summed E-state index contributed by atoms with van der Waals surface area (Å²) in [5, 5.41) is 2.99. The number of aryl methyl sites for hydroxylation is 3. The molecule has 0 radical (unpaired) electrons. The van der Waals surface area contributed by atoms with Crippen LogP contribution < -0.4 is 9.62 Å². The first-order valence-corrected chi connectivity index (χ1v) is 14.1. The van der Waals surface area contributed by atoms with Crippen molar-refractivity contribution in [3.8, 4) is 0 Å². The Labute approximate surface area is 206 Å². The van der Waals surface area contributed by atoms with Crippen molar-refractivity contribution < 1.29 is 13.2 Å². The van der Waals surface area contributed by atoms with Crippen molar-refractivity contribution in [1.82, 2.24) is 5.32 Å². The lowest BCUT2D eigenvalue weighted by molar-refractivity contribution is -0.120. The van der Waals surface area contributed by atoms with Gasteiger partial charge in [0.2, 0.25) is 5.91 Å². The molecule has 0 aromatic heterocycles. The number of amides is 1. The van der Waals surface area contributed by atoms with E-state index in [1.807, 2.05) is 32.2 Å². The minimum atomic E-state index is -3.93. The van der Waals surface area contributed by atoms with Gasteiger partial charge in [-0.25, -0.2) is 8.42 Å². The highest BCUT2D eigenvalue weighted by atomic mass is 32.2. The summed E-state index contributed by atoms with van der Waals surface area (Å²) in [5.74, 6) is -0.349. The lowest BCUT2D eigenvalue weighted by Gasteiger charge is -2.25. The lowest BCUT2D eigenvalue weighted by Crippen LogP contribution is -2.41. The van der Waals surface area contributed by atoms with Crippen molar-refractivity contribution in [2.45, 2.75) is 48.9 Å². The smallest absolute Gasteiger partial charge is 0.264 e. The molecule has 3 aromatic rings. The van der Waals surface area contributed by atoms with Crippen LogP contribution in [0.3, 0.4) is 0 Å². The van der Waals surface area contributed by atoms with Crippen LogP contribution in [-0.2, 0) is 27.7 Å². The summed E-state index contributed by atoms with van der Waals surface area (Å²) in [7, 11) is -3.93. The summed E-state index contributed by atoms with van der Waals surface area (Å²) in [6.45, 7) is 3.57. The molecule has 0 bridgehead atoms. The van der Waals surface area contributed by atoms with E-state index in [0.717, 1.165) is 28.9 Å². The first-order valence-electron chi connectivity index (χ1n) is 11.4. The maximum atomic E-state index is 13.6. The Bertz CT molecular complexity index is 1270. The van der Waals surface area contributed by atoms with Gasteiger partial charge < -0.3 is 5.32 Å². The highest BCUT2D eigenvalue weighted by Crippen LogP contribution is 2.27. The van der Waals surface area contributed by atoms with Crippen LogP contribution in [0.15, 0.2) is 76.5 Å². The number of nitrogens with one attached hydrogen (secondary N) is 1. The Morgan fingerprint density at radius 3 is 2.35 bits per heavy atom. The SMILES string of the molecule is CSc1ccc(S(=O)(=O)N(CC(=O)NC(C)c2ccc3c(c2)CCC3)c2ccc(C)cc2)cc1. The fraction of sp³-hybridized carbons (Fsp3) is 0.296. The summed E-state index contributed by atoms with van der Waals surface area (Å²) in [4.78, 5) is 14.2. The molecule has 1 unspecified atom stereocenters. The van der Waals surface area contributed by atoms with E-state index in [9.17, 15) is 13.2 Å². The Morgan fingerprint density at radius 1 is 1.00 bits per heavy atom. The maximum Gasteiger partial charge on any atom is 0.264 e. The molecule has 0 fully saturated rings. The van der Waals surface area contributed by atoms with E-state index in [-0.39, 0.29) is 23.4 Å². The molecule has 1 amide bonds. The first-order chi connectivity index (χ1) is 16.3. The first kappa shape index (κ1) is 24.4. The normalized spacial score (nSPS) is 13.9. The highest BCUT2D eigenvalue weighted by molar-refractivity contribution is 7.98. The molecule has 7 heteroatoms. The monoisotopic (exact) mass is 494 g/mol. The van der Waals surface area contributed by atoms with Gasteiger partial charge in [0.1, 0.15) is 6.54 Å². The van der Waals surface area contributed by atoms with Gasteiger partial charge in [0.15, 0.2) is 0 Å². The van der Waals surface area contributed by atoms with E-state index in [0.29, 0.717) is 5.69 Å². The number of nitrogens with zero attached hydrogens (tertiary/aromatic N) is 1. The molecular formula is C27H30N2O3S2. The van der Waals surface area contributed by atoms with Crippen molar-refractivity contribution in [2.24, 2.45) is 0 Å². The molecule has 1 aliphatic rings. The van der Waals surface area contributed by atoms with Gasteiger partial charge in [-0.15, -0.1) is 11.8 Å². The Morgan fingerprint density at radius 2 is 1.68 bits per heavy atom. The maximum absolute atomic E-state index is 13.6. The van der Waals surface area contributed by atoms with Crippen molar-refractivity contribution in [2.75, 3.05) is 17.1 Å². The highest BCUT2D eigenvalue weighted by Gasteiger charge is 2.28. The van der Waals surface area contributed by atoms with Gasteiger partial charge in [0.25, 0.3) is 10.0 Å².